The van der Waals surface area contributed by atoms with Crippen molar-refractivity contribution >= 4 is 5.65 Å². The Balaban J connectivity index is 1.87. The second kappa shape index (κ2) is 4.35. The largest absolute Gasteiger partial charge is 0.300 e. The van der Waals surface area contributed by atoms with Gasteiger partial charge in [-0.3, -0.25) is 9.50 Å². The Hall–Kier alpha value is -2.88. The highest BCUT2D eigenvalue weighted by molar-refractivity contribution is 5.70. The van der Waals surface area contributed by atoms with E-state index in [4.69, 9.17) is 0 Å². The molecule has 3 heterocycles. The van der Waals surface area contributed by atoms with Gasteiger partial charge in [-0.2, -0.15) is 5.10 Å². The summed E-state index contributed by atoms with van der Waals surface area (Å²) in [6.07, 6.45) is 7.59. The van der Waals surface area contributed by atoms with E-state index in [2.05, 4.69) is 43.8 Å². The summed E-state index contributed by atoms with van der Waals surface area (Å²) in [5.41, 5.74) is 5.37. The van der Waals surface area contributed by atoms with Crippen molar-refractivity contribution in [1.29, 1.82) is 0 Å². The van der Waals surface area contributed by atoms with Gasteiger partial charge in [-0.05, 0) is 23.3 Å². The average Bonchev–Trinajstić information content (AvgIpc) is 3.16. The third kappa shape index (κ3) is 1.70. The van der Waals surface area contributed by atoms with Crippen molar-refractivity contribution < 1.29 is 0 Å². The van der Waals surface area contributed by atoms with E-state index < -0.39 is 0 Å². The summed E-state index contributed by atoms with van der Waals surface area (Å²) < 4.78 is 2.07. The number of hydrogen-bond donors (Lipinski definition) is 1. The number of imidazole rings is 1. The van der Waals surface area contributed by atoms with Crippen LogP contribution in [0.5, 0.6) is 0 Å². The molecule has 0 radical (unpaired) electrons. The monoisotopic (exact) mass is 260 g/mol. The van der Waals surface area contributed by atoms with Crippen LogP contribution >= 0.6 is 0 Å². The van der Waals surface area contributed by atoms with Gasteiger partial charge >= 0.3 is 0 Å². The molecule has 4 aromatic rings. The zero-order valence-corrected chi connectivity index (χ0v) is 10.7. The van der Waals surface area contributed by atoms with Gasteiger partial charge in [0.05, 0.1) is 18.1 Å². The number of hydrogen-bond acceptors (Lipinski definition) is 2. The molecule has 0 aliphatic rings. The molecule has 20 heavy (non-hydrogen) atoms. The van der Waals surface area contributed by atoms with Crippen molar-refractivity contribution in [1.82, 2.24) is 19.6 Å². The zero-order valence-electron chi connectivity index (χ0n) is 10.7. The Morgan fingerprint density at radius 1 is 0.900 bits per heavy atom. The molecule has 0 saturated carbocycles. The van der Waals surface area contributed by atoms with Crippen LogP contribution in [0.15, 0.2) is 67.3 Å². The minimum Gasteiger partial charge on any atom is -0.300 e. The van der Waals surface area contributed by atoms with Crippen LogP contribution in [0, 0.1) is 0 Å². The molecule has 0 saturated heterocycles. The van der Waals surface area contributed by atoms with Crippen LogP contribution in [-0.4, -0.2) is 19.6 Å². The number of H-pyrrole nitrogens is 1. The molecule has 3 aromatic heterocycles. The van der Waals surface area contributed by atoms with Gasteiger partial charge in [0.1, 0.15) is 5.65 Å². The molecule has 0 amide bonds. The number of pyridine rings is 1. The first-order valence-electron chi connectivity index (χ1n) is 6.43. The average molecular weight is 260 g/mol. The lowest BCUT2D eigenvalue weighted by Crippen LogP contribution is -1.88. The van der Waals surface area contributed by atoms with E-state index in [9.17, 15) is 0 Å². The van der Waals surface area contributed by atoms with Crippen molar-refractivity contribution in [2.24, 2.45) is 0 Å². The molecule has 4 heteroatoms. The molecule has 0 fully saturated rings. The molecule has 0 aliphatic heterocycles. The molecule has 0 spiro atoms. The summed E-state index contributed by atoms with van der Waals surface area (Å²) in [4.78, 5) is 4.48. The number of benzene rings is 1. The fraction of sp³-hybridized carbons (Fsp3) is 0. The lowest BCUT2D eigenvalue weighted by Gasteiger charge is -2.03. The first kappa shape index (κ1) is 11.0. The van der Waals surface area contributed by atoms with Crippen LogP contribution in [0.1, 0.15) is 0 Å². The van der Waals surface area contributed by atoms with Gasteiger partial charge < -0.3 is 0 Å². The maximum absolute atomic E-state index is 4.48. The van der Waals surface area contributed by atoms with Crippen LogP contribution in [-0.2, 0) is 0 Å². The first-order valence-corrected chi connectivity index (χ1v) is 6.43. The Bertz CT molecular complexity index is 845. The van der Waals surface area contributed by atoms with Crippen LogP contribution in [0.2, 0.25) is 0 Å². The third-order valence-electron chi connectivity index (χ3n) is 3.41. The van der Waals surface area contributed by atoms with Crippen LogP contribution < -0.4 is 0 Å². The maximum Gasteiger partial charge on any atom is 0.137 e. The molecule has 4 rings (SSSR count). The summed E-state index contributed by atoms with van der Waals surface area (Å²) in [6.45, 7) is 0. The van der Waals surface area contributed by atoms with Crippen molar-refractivity contribution in [2.45, 2.75) is 0 Å². The van der Waals surface area contributed by atoms with E-state index in [0.717, 1.165) is 16.9 Å². The molecule has 0 bridgehead atoms. The fourth-order valence-corrected chi connectivity index (χ4v) is 2.40. The molecular formula is C16H12N4. The fourth-order valence-electron chi connectivity index (χ4n) is 2.40. The minimum absolute atomic E-state index is 0.933. The normalized spacial score (nSPS) is 11.0. The van der Waals surface area contributed by atoms with E-state index in [1.807, 2.05) is 36.8 Å². The Labute approximate surface area is 115 Å². The number of aromatic nitrogens is 4. The van der Waals surface area contributed by atoms with Crippen molar-refractivity contribution in [3.8, 4) is 22.4 Å². The molecule has 96 valence electrons. The van der Waals surface area contributed by atoms with Gasteiger partial charge in [0.25, 0.3) is 0 Å². The van der Waals surface area contributed by atoms with Gasteiger partial charge in [-0.25, -0.2) is 4.98 Å². The lowest BCUT2D eigenvalue weighted by atomic mass is 10.1. The zero-order chi connectivity index (χ0) is 13.4. The van der Waals surface area contributed by atoms with Crippen LogP contribution in [0.4, 0.5) is 0 Å². The highest BCUT2D eigenvalue weighted by atomic mass is 15.1. The SMILES string of the molecule is c1ccc(-c2ccn3c(-c4cn[nH]c4)cnc3c2)cc1. The first-order chi connectivity index (χ1) is 9.92. The van der Waals surface area contributed by atoms with E-state index in [0.29, 0.717) is 0 Å². The van der Waals surface area contributed by atoms with E-state index in [1.54, 1.807) is 6.20 Å². The highest BCUT2D eigenvalue weighted by Gasteiger charge is 2.07. The highest BCUT2D eigenvalue weighted by Crippen LogP contribution is 2.24. The Kier molecular flexibility index (Phi) is 2.39. The Morgan fingerprint density at radius 2 is 1.80 bits per heavy atom. The van der Waals surface area contributed by atoms with E-state index in [1.165, 1.54) is 11.1 Å². The number of aromatic amines is 1. The third-order valence-corrected chi connectivity index (χ3v) is 3.41. The van der Waals surface area contributed by atoms with Crippen LogP contribution in [0.25, 0.3) is 28.0 Å². The molecule has 1 aromatic carbocycles. The quantitative estimate of drug-likeness (QED) is 0.600. The standard InChI is InChI=1S/C16H12N4/c1-2-4-12(5-3-1)13-6-7-20-15(11-17-16(20)8-13)14-9-18-19-10-14/h1-11H,(H,18,19). The van der Waals surface area contributed by atoms with Gasteiger partial charge in [0.15, 0.2) is 0 Å². The van der Waals surface area contributed by atoms with Gasteiger partial charge in [0, 0.05) is 18.0 Å². The summed E-state index contributed by atoms with van der Waals surface area (Å²) in [6, 6.07) is 14.5. The van der Waals surface area contributed by atoms with E-state index in [-0.39, 0.29) is 0 Å². The van der Waals surface area contributed by atoms with Crippen molar-refractivity contribution in [3.63, 3.8) is 0 Å². The maximum atomic E-state index is 4.48. The van der Waals surface area contributed by atoms with Crippen molar-refractivity contribution in [3.05, 3.63) is 67.3 Å². The summed E-state index contributed by atoms with van der Waals surface area (Å²) >= 11 is 0. The second-order valence-corrected chi connectivity index (χ2v) is 4.64. The van der Waals surface area contributed by atoms with Crippen molar-refractivity contribution in [2.75, 3.05) is 0 Å². The molecule has 0 atom stereocenters. The van der Waals surface area contributed by atoms with Gasteiger partial charge in [0.2, 0.25) is 0 Å². The smallest absolute Gasteiger partial charge is 0.137 e. The summed E-state index contributed by atoms with van der Waals surface area (Å²) in [5.74, 6) is 0. The number of nitrogens with one attached hydrogen (secondary N) is 1. The topological polar surface area (TPSA) is 46.0 Å². The second-order valence-electron chi connectivity index (χ2n) is 4.64. The molecular weight excluding hydrogens is 248 g/mol. The molecule has 0 aliphatic carbocycles. The molecule has 0 unspecified atom stereocenters. The van der Waals surface area contributed by atoms with E-state index >= 15 is 0 Å². The van der Waals surface area contributed by atoms with Gasteiger partial charge in [-0.1, -0.05) is 30.3 Å². The number of rotatable bonds is 2. The van der Waals surface area contributed by atoms with Gasteiger partial charge in [-0.15, -0.1) is 0 Å². The predicted molar refractivity (Wildman–Crippen MR) is 78.2 cm³/mol. The number of nitrogens with zero attached hydrogens (tertiary/aromatic N) is 3. The summed E-state index contributed by atoms with van der Waals surface area (Å²) in [5, 5.41) is 6.81. The predicted octanol–water partition coefficient (Wildman–Crippen LogP) is 3.39. The summed E-state index contributed by atoms with van der Waals surface area (Å²) in [7, 11) is 0. The molecule has 4 nitrogen and oxygen atoms in total. The lowest BCUT2D eigenvalue weighted by molar-refractivity contribution is 1.09. The molecule has 1 N–H and O–H groups in total. The van der Waals surface area contributed by atoms with Crippen LogP contribution in [0.3, 0.4) is 0 Å². The minimum atomic E-state index is 0.933. The number of fused-ring (bicyclic) bond motifs is 1. The Morgan fingerprint density at radius 3 is 2.60 bits per heavy atom.